The van der Waals surface area contributed by atoms with E-state index < -0.39 is 5.91 Å². The molecule has 1 amide bonds. The van der Waals surface area contributed by atoms with E-state index in [-0.39, 0.29) is 16.6 Å². The Morgan fingerprint density at radius 3 is 2.76 bits per heavy atom. The van der Waals surface area contributed by atoms with Crippen LogP contribution in [0.3, 0.4) is 0 Å². The highest BCUT2D eigenvalue weighted by molar-refractivity contribution is 6.29. The number of hydrogen-bond donors (Lipinski definition) is 2. The normalized spacial score (nSPS) is 9.94. The van der Waals surface area contributed by atoms with Crippen LogP contribution in [0.15, 0.2) is 36.7 Å². The molecule has 0 fully saturated rings. The Morgan fingerprint density at radius 1 is 1.29 bits per heavy atom. The van der Waals surface area contributed by atoms with Crippen LogP contribution in [-0.2, 0) is 0 Å². The lowest BCUT2D eigenvalue weighted by Gasteiger charge is -2.05. The fraction of sp³-hybridized carbons (Fsp3) is 0. The summed E-state index contributed by atoms with van der Waals surface area (Å²) < 4.78 is 0. The highest BCUT2D eigenvalue weighted by atomic mass is 35.5. The van der Waals surface area contributed by atoms with Crippen molar-refractivity contribution in [2.45, 2.75) is 0 Å². The molecule has 0 spiro atoms. The molecule has 0 bridgehead atoms. The van der Waals surface area contributed by atoms with Crippen molar-refractivity contribution in [1.29, 1.82) is 0 Å². The Balaban J connectivity index is 2.20. The van der Waals surface area contributed by atoms with Gasteiger partial charge in [-0.05, 0) is 12.1 Å². The first-order valence-corrected chi connectivity index (χ1v) is 5.11. The van der Waals surface area contributed by atoms with Crippen LogP contribution < -0.4 is 5.32 Å². The number of aromatic nitrogens is 2. The van der Waals surface area contributed by atoms with Gasteiger partial charge in [0.1, 0.15) is 16.6 Å². The molecular formula is C11H8ClN3O2. The van der Waals surface area contributed by atoms with Gasteiger partial charge in [0.05, 0.1) is 18.1 Å². The van der Waals surface area contributed by atoms with Crippen LogP contribution in [0.1, 0.15) is 10.5 Å². The summed E-state index contributed by atoms with van der Waals surface area (Å²) in [5.74, 6) is -0.502. The molecule has 6 heteroatoms. The molecule has 0 atom stereocenters. The van der Waals surface area contributed by atoms with Gasteiger partial charge in [-0.2, -0.15) is 0 Å². The molecule has 0 saturated carbocycles. The molecule has 0 aliphatic carbocycles. The number of phenols is 1. The molecule has 0 aliphatic heterocycles. The van der Waals surface area contributed by atoms with Crippen LogP contribution in [0, 0.1) is 0 Å². The first-order chi connectivity index (χ1) is 8.16. The number of phenolic OH excluding ortho intramolecular Hbond substituents is 1. The third-order valence-corrected chi connectivity index (χ3v) is 2.17. The molecule has 0 saturated heterocycles. The zero-order valence-corrected chi connectivity index (χ0v) is 9.35. The van der Waals surface area contributed by atoms with Crippen molar-refractivity contribution >= 4 is 23.2 Å². The van der Waals surface area contributed by atoms with Gasteiger partial charge in [-0.25, -0.2) is 4.98 Å². The molecule has 1 aromatic carbocycles. The molecule has 5 nitrogen and oxygen atoms in total. The average Bonchev–Trinajstić information content (AvgIpc) is 2.32. The zero-order chi connectivity index (χ0) is 12.3. The highest BCUT2D eigenvalue weighted by Crippen LogP contribution is 2.21. The largest absolute Gasteiger partial charge is 0.506 e. The summed E-state index contributed by atoms with van der Waals surface area (Å²) in [5, 5.41) is 12.1. The van der Waals surface area contributed by atoms with Crippen LogP contribution in [0.5, 0.6) is 5.75 Å². The summed E-state index contributed by atoms with van der Waals surface area (Å²) in [6.45, 7) is 0. The lowest BCUT2D eigenvalue weighted by atomic mass is 10.3. The summed E-state index contributed by atoms with van der Waals surface area (Å²) >= 11 is 5.62. The van der Waals surface area contributed by atoms with Gasteiger partial charge < -0.3 is 10.4 Å². The molecular weight excluding hydrogens is 242 g/mol. The van der Waals surface area contributed by atoms with E-state index in [1.165, 1.54) is 18.5 Å². The number of rotatable bonds is 2. The fourth-order valence-corrected chi connectivity index (χ4v) is 1.36. The number of nitrogens with zero attached hydrogens (tertiary/aromatic N) is 2. The average molecular weight is 250 g/mol. The van der Waals surface area contributed by atoms with Gasteiger partial charge in [0, 0.05) is 0 Å². The number of hydrogen-bond acceptors (Lipinski definition) is 4. The number of amides is 1. The summed E-state index contributed by atoms with van der Waals surface area (Å²) in [4.78, 5) is 19.3. The van der Waals surface area contributed by atoms with E-state index in [1.54, 1.807) is 18.2 Å². The number of aromatic hydroxyl groups is 1. The van der Waals surface area contributed by atoms with Crippen LogP contribution in [-0.4, -0.2) is 21.0 Å². The maximum absolute atomic E-state index is 11.7. The first-order valence-electron chi connectivity index (χ1n) is 4.74. The molecule has 0 unspecified atom stereocenters. The van der Waals surface area contributed by atoms with E-state index in [1.807, 2.05) is 0 Å². The van der Waals surface area contributed by atoms with E-state index in [0.29, 0.717) is 5.69 Å². The van der Waals surface area contributed by atoms with Gasteiger partial charge in [-0.3, -0.25) is 9.78 Å². The number of carbonyl (C=O) groups is 1. The minimum atomic E-state index is -0.485. The molecule has 2 N–H and O–H groups in total. The Hall–Kier alpha value is -2.14. The SMILES string of the molecule is O=C(Nc1ccccc1O)c1cncc(Cl)n1. The summed E-state index contributed by atoms with van der Waals surface area (Å²) in [7, 11) is 0. The molecule has 86 valence electrons. The van der Waals surface area contributed by atoms with Crippen molar-refractivity contribution in [3.05, 3.63) is 47.5 Å². The van der Waals surface area contributed by atoms with Gasteiger partial charge in [0.15, 0.2) is 0 Å². The van der Waals surface area contributed by atoms with E-state index in [2.05, 4.69) is 15.3 Å². The van der Waals surface area contributed by atoms with Crippen molar-refractivity contribution in [2.24, 2.45) is 0 Å². The van der Waals surface area contributed by atoms with Crippen LogP contribution in [0.4, 0.5) is 5.69 Å². The lowest BCUT2D eigenvalue weighted by molar-refractivity contribution is 0.102. The standard InChI is InChI=1S/C11H8ClN3O2/c12-10-6-13-5-8(14-10)11(17)15-7-3-1-2-4-9(7)16/h1-6,16H,(H,15,17). The third kappa shape index (κ3) is 2.70. The number of anilines is 1. The van der Waals surface area contributed by atoms with Crippen molar-refractivity contribution in [2.75, 3.05) is 5.32 Å². The first kappa shape index (κ1) is 11.3. The summed E-state index contributed by atoms with van der Waals surface area (Å²) in [6.07, 6.45) is 2.62. The second-order valence-corrected chi connectivity index (χ2v) is 3.59. The predicted molar refractivity (Wildman–Crippen MR) is 63.1 cm³/mol. The second-order valence-electron chi connectivity index (χ2n) is 3.20. The number of nitrogens with one attached hydrogen (secondary N) is 1. The molecule has 1 aromatic heterocycles. The van der Waals surface area contributed by atoms with Gasteiger partial charge >= 0.3 is 0 Å². The van der Waals surface area contributed by atoms with E-state index >= 15 is 0 Å². The molecule has 17 heavy (non-hydrogen) atoms. The number of carbonyl (C=O) groups excluding carboxylic acids is 1. The second kappa shape index (κ2) is 4.80. The summed E-state index contributed by atoms with van der Waals surface area (Å²) in [5.41, 5.74) is 0.389. The van der Waals surface area contributed by atoms with Crippen LogP contribution in [0.2, 0.25) is 5.15 Å². The van der Waals surface area contributed by atoms with Gasteiger partial charge in [-0.1, -0.05) is 23.7 Å². The number of halogens is 1. The molecule has 1 heterocycles. The van der Waals surface area contributed by atoms with Crippen molar-refractivity contribution in [3.8, 4) is 5.75 Å². The maximum Gasteiger partial charge on any atom is 0.276 e. The quantitative estimate of drug-likeness (QED) is 0.799. The van der Waals surface area contributed by atoms with E-state index in [4.69, 9.17) is 11.6 Å². The predicted octanol–water partition coefficient (Wildman–Crippen LogP) is 2.09. The smallest absolute Gasteiger partial charge is 0.276 e. The monoisotopic (exact) mass is 249 g/mol. The molecule has 2 rings (SSSR count). The topological polar surface area (TPSA) is 75.1 Å². The van der Waals surface area contributed by atoms with Crippen molar-refractivity contribution in [1.82, 2.24) is 9.97 Å². The lowest BCUT2D eigenvalue weighted by Crippen LogP contribution is -2.14. The van der Waals surface area contributed by atoms with Crippen molar-refractivity contribution in [3.63, 3.8) is 0 Å². The van der Waals surface area contributed by atoms with E-state index in [0.717, 1.165) is 0 Å². The maximum atomic E-state index is 11.7. The minimum absolute atomic E-state index is 0.0177. The number of benzene rings is 1. The minimum Gasteiger partial charge on any atom is -0.506 e. The van der Waals surface area contributed by atoms with Gasteiger partial charge in [0.2, 0.25) is 0 Å². The van der Waals surface area contributed by atoms with E-state index in [9.17, 15) is 9.90 Å². The zero-order valence-electron chi connectivity index (χ0n) is 8.59. The highest BCUT2D eigenvalue weighted by Gasteiger charge is 2.10. The fourth-order valence-electron chi connectivity index (χ4n) is 1.22. The molecule has 0 radical (unpaired) electrons. The van der Waals surface area contributed by atoms with Crippen LogP contribution in [0.25, 0.3) is 0 Å². The van der Waals surface area contributed by atoms with Crippen LogP contribution >= 0.6 is 11.6 Å². The Morgan fingerprint density at radius 2 is 2.06 bits per heavy atom. The molecule has 2 aromatic rings. The molecule has 0 aliphatic rings. The Labute approximate surface area is 102 Å². The van der Waals surface area contributed by atoms with Gasteiger partial charge in [-0.15, -0.1) is 0 Å². The summed E-state index contributed by atoms with van der Waals surface area (Å²) in [6, 6.07) is 6.40. The number of para-hydroxylation sites is 2. The Kier molecular flexibility index (Phi) is 3.20. The van der Waals surface area contributed by atoms with Gasteiger partial charge in [0.25, 0.3) is 5.91 Å². The Bertz CT molecular complexity index is 560. The van der Waals surface area contributed by atoms with Crippen molar-refractivity contribution < 1.29 is 9.90 Å². The third-order valence-electron chi connectivity index (χ3n) is 1.99.